The minimum absolute atomic E-state index is 0.125. The summed E-state index contributed by atoms with van der Waals surface area (Å²) in [6.07, 6.45) is 2.76. The minimum Gasteiger partial charge on any atom is -0.508 e. The maximum Gasteiger partial charge on any atom is 0.268 e. The van der Waals surface area contributed by atoms with E-state index in [9.17, 15) is 14.3 Å². The third kappa shape index (κ3) is 4.65. The zero-order chi connectivity index (χ0) is 22.5. The number of hydrogen-bond donors (Lipinski definition) is 4. The topological polar surface area (TPSA) is 91.1 Å². The molecule has 3 aromatic carbocycles. The number of nitrogens with two attached hydrogens (primary N) is 1. The van der Waals surface area contributed by atoms with Crippen LogP contribution < -0.4 is 11.1 Å². The van der Waals surface area contributed by atoms with E-state index >= 15 is 0 Å². The summed E-state index contributed by atoms with van der Waals surface area (Å²) in [6, 6.07) is 19.0. The first kappa shape index (κ1) is 21.6. The zero-order valence-electron chi connectivity index (χ0n) is 17.7. The number of aromatic nitrogens is 1. The van der Waals surface area contributed by atoms with Crippen LogP contribution in [0.4, 0.5) is 4.39 Å². The molecule has 0 radical (unpaired) electrons. The Balaban J connectivity index is 1.76. The number of rotatable bonds is 8. The van der Waals surface area contributed by atoms with Crippen LogP contribution in [-0.4, -0.2) is 29.1 Å². The lowest BCUT2D eigenvalue weighted by molar-refractivity contribution is 0.0949. The Labute approximate surface area is 186 Å². The van der Waals surface area contributed by atoms with Crippen molar-refractivity contribution in [2.45, 2.75) is 19.3 Å². The largest absolute Gasteiger partial charge is 0.508 e. The molecule has 0 fully saturated rings. The third-order valence-corrected chi connectivity index (χ3v) is 5.50. The van der Waals surface area contributed by atoms with Gasteiger partial charge in [0.2, 0.25) is 0 Å². The van der Waals surface area contributed by atoms with E-state index in [0.29, 0.717) is 18.8 Å². The normalized spacial score (nSPS) is 11.1. The van der Waals surface area contributed by atoms with E-state index in [-0.39, 0.29) is 17.5 Å². The Hall–Kier alpha value is -3.64. The van der Waals surface area contributed by atoms with E-state index < -0.39 is 0 Å². The van der Waals surface area contributed by atoms with Crippen LogP contribution in [0.5, 0.6) is 5.75 Å². The number of halogens is 1. The van der Waals surface area contributed by atoms with Gasteiger partial charge in [0.15, 0.2) is 0 Å². The Kier molecular flexibility index (Phi) is 6.52. The number of phenols is 1. The lowest BCUT2D eigenvalue weighted by Crippen LogP contribution is -2.25. The zero-order valence-corrected chi connectivity index (χ0v) is 17.7. The molecule has 4 rings (SSSR count). The predicted molar refractivity (Wildman–Crippen MR) is 126 cm³/mol. The van der Waals surface area contributed by atoms with Crippen LogP contribution in [0.1, 0.15) is 29.8 Å². The van der Waals surface area contributed by atoms with Crippen molar-refractivity contribution >= 4 is 16.8 Å². The Bertz CT molecular complexity index is 1230. The summed E-state index contributed by atoms with van der Waals surface area (Å²) in [5.74, 6) is -0.363. The summed E-state index contributed by atoms with van der Waals surface area (Å²) in [5.41, 5.74) is 10.0. The van der Waals surface area contributed by atoms with Crippen molar-refractivity contribution in [2.24, 2.45) is 5.73 Å². The van der Waals surface area contributed by atoms with Crippen molar-refractivity contribution in [3.05, 3.63) is 78.2 Å². The lowest BCUT2D eigenvalue weighted by atomic mass is 9.98. The molecule has 0 saturated heterocycles. The second-order valence-electron chi connectivity index (χ2n) is 7.80. The van der Waals surface area contributed by atoms with Gasteiger partial charge in [-0.1, -0.05) is 36.8 Å². The van der Waals surface area contributed by atoms with Crippen molar-refractivity contribution < 1.29 is 14.3 Å². The smallest absolute Gasteiger partial charge is 0.268 e. The molecule has 32 heavy (non-hydrogen) atoms. The predicted octanol–water partition coefficient (Wildman–Crippen LogP) is 5.21. The van der Waals surface area contributed by atoms with E-state index in [2.05, 4.69) is 10.3 Å². The molecule has 5 N–H and O–H groups in total. The number of aromatic amines is 1. The number of fused-ring (bicyclic) bond motifs is 1. The number of carbonyl (C=O) groups is 1. The molecule has 0 unspecified atom stereocenters. The summed E-state index contributed by atoms with van der Waals surface area (Å²) in [5, 5.41) is 13.9. The Morgan fingerprint density at radius 1 is 0.938 bits per heavy atom. The third-order valence-electron chi connectivity index (χ3n) is 5.50. The van der Waals surface area contributed by atoms with Gasteiger partial charge >= 0.3 is 0 Å². The fourth-order valence-electron chi connectivity index (χ4n) is 3.88. The number of unbranched alkanes of at least 4 members (excludes halogenated alkanes) is 2. The summed E-state index contributed by atoms with van der Waals surface area (Å²) < 4.78 is 13.4. The highest BCUT2D eigenvalue weighted by atomic mass is 19.1. The Morgan fingerprint density at radius 3 is 2.47 bits per heavy atom. The number of benzene rings is 3. The average Bonchev–Trinajstić information content (AvgIpc) is 3.18. The van der Waals surface area contributed by atoms with Gasteiger partial charge in [-0.25, -0.2) is 4.39 Å². The second-order valence-corrected chi connectivity index (χ2v) is 7.80. The van der Waals surface area contributed by atoms with Crippen LogP contribution in [-0.2, 0) is 0 Å². The minimum atomic E-state index is -0.289. The molecule has 1 amide bonds. The molecule has 0 aliphatic carbocycles. The molecule has 0 spiro atoms. The standard InChI is InChI=1S/C26H26FN3O2/c27-20-10-7-17(8-11-20)18-9-12-23-22(16-18)24(19-5-4-6-21(31)15-19)25(30-23)26(32)29-14-3-1-2-13-28/h4-12,15-16,30-31H,1-3,13-14,28H2,(H,29,32). The van der Waals surface area contributed by atoms with Gasteiger partial charge in [-0.15, -0.1) is 0 Å². The number of hydrogen-bond acceptors (Lipinski definition) is 3. The van der Waals surface area contributed by atoms with Gasteiger partial charge in [0.05, 0.1) is 0 Å². The van der Waals surface area contributed by atoms with Gasteiger partial charge in [-0.3, -0.25) is 4.79 Å². The monoisotopic (exact) mass is 431 g/mol. The first-order chi connectivity index (χ1) is 15.6. The highest BCUT2D eigenvalue weighted by Crippen LogP contribution is 2.36. The fraction of sp³-hybridized carbons (Fsp3) is 0.192. The SMILES string of the molecule is NCCCCCNC(=O)c1[nH]c2ccc(-c3ccc(F)cc3)cc2c1-c1cccc(O)c1. The molecule has 5 nitrogen and oxygen atoms in total. The summed E-state index contributed by atoms with van der Waals surface area (Å²) >= 11 is 0. The van der Waals surface area contributed by atoms with Gasteiger partial charge < -0.3 is 21.1 Å². The van der Waals surface area contributed by atoms with Crippen LogP contribution in [0.3, 0.4) is 0 Å². The van der Waals surface area contributed by atoms with Crippen LogP contribution >= 0.6 is 0 Å². The molecule has 0 saturated carbocycles. The molecular weight excluding hydrogens is 405 g/mol. The quantitative estimate of drug-likeness (QED) is 0.289. The number of nitrogens with one attached hydrogen (secondary N) is 2. The van der Waals surface area contributed by atoms with Gasteiger partial charge in [-0.05, 0) is 72.5 Å². The number of carbonyl (C=O) groups excluding carboxylic acids is 1. The van der Waals surface area contributed by atoms with Crippen molar-refractivity contribution in [3.63, 3.8) is 0 Å². The van der Waals surface area contributed by atoms with Crippen molar-refractivity contribution in [1.82, 2.24) is 10.3 Å². The molecular formula is C26H26FN3O2. The van der Waals surface area contributed by atoms with Gasteiger partial charge in [-0.2, -0.15) is 0 Å². The fourth-order valence-corrected chi connectivity index (χ4v) is 3.88. The molecule has 6 heteroatoms. The van der Waals surface area contributed by atoms with Crippen molar-refractivity contribution in [2.75, 3.05) is 13.1 Å². The molecule has 1 heterocycles. The highest BCUT2D eigenvalue weighted by Gasteiger charge is 2.20. The average molecular weight is 432 g/mol. The lowest BCUT2D eigenvalue weighted by Gasteiger charge is -2.08. The van der Waals surface area contributed by atoms with Gasteiger partial charge in [0, 0.05) is 23.0 Å². The van der Waals surface area contributed by atoms with Gasteiger partial charge in [0.1, 0.15) is 17.3 Å². The maximum atomic E-state index is 13.4. The van der Waals surface area contributed by atoms with E-state index in [1.165, 1.54) is 12.1 Å². The number of aromatic hydroxyl groups is 1. The van der Waals surface area contributed by atoms with E-state index in [1.807, 2.05) is 24.3 Å². The molecule has 4 aromatic rings. The van der Waals surface area contributed by atoms with E-state index in [4.69, 9.17) is 5.73 Å². The molecule has 164 valence electrons. The molecule has 0 bridgehead atoms. The highest BCUT2D eigenvalue weighted by molar-refractivity contribution is 6.10. The van der Waals surface area contributed by atoms with Crippen LogP contribution in [0, 0.1) is 5.82 Å². The molecule has 0 aliphatic rings. The summed E-state index contributed by atoms with van der Waals surface area (Å²) in [7, 11) is 0. The van der Waals surface area contributed by atoms with Crippen LogP contribution in [0.15, 0.2) is 66.7 Å². The first-order valence-electron chi connectivity index (χ1n) is 10.8. The van der Waals surface area contributed by atoms with Crippen molar-refractivity contribution in [1.29, 1.82) is 0 Å². The molecule has 1 aromatic heterocycles. The number of H-pyrrole nitrogens is 1. The van der Waals surface area contributed by atoms with E-state index in [0.717, 1.165) is 52.4 Å². The summed E-state index contributed by atoms with van der Waals surface area (Å²) in [4.78, 5) is 16.3. The maximum absolute atomic E-state index is 13.4. The van der Waals surface area contributed by atoms with Crippen LogP contribution in [0.2, 0.25) is 0 Å². The number of amides is 1. The Morgan fingerprint density at radius 2 is 1.72 bits per heavy atom. The first-order valence-corrected chi connectivity index (χ1v) is 10.8. The number of phenolic OH excluding ortho intramolecular Hbond substituents is 1. The van der Waals surface area contributed by atoms with E-state index in [1.54, 1.807) is 30.3 Å². The summed E-state index contributed by atoms with van der Waals surface area (Å²) in [6.45, 7) is 1.21. The van der Waals surface area contributed by atoms with Crippen molar-refractivity contribution in [3.8, 4) is 28.0 Å². The molecule has 0 atom stereocenters. The van der Waals surface area contributed by atoms with Crippen LogP contribution in [0.25, 0.3) is 33.2 Å². The second kappa shape index (κ2) is 9.66. The molecule has 0 aliphatic heterocycles. The van der Waals surface area contributed by atoms with Gasteiger partial charge in [0.25, 0.3) is 5.91 Å².